The van der Waals surface area contributed by atoms with E-state index in [2.05, 4.69) is 4.90 Å². The number of likely N-dealkylation sites (tertiary alicyclic amines) is 1. The molecule has 0 radical (unpaired) electrons. The molecule has 0 aromatic heterocycles. The minimum atomic E-state index is -3.05. The van der Waals surface area contributed by atoms with Crippen LogP contribution in [-0.4, -0.2) is 62.4 Å². The van der Waals surface area contributed by atoms with E-state index in [1.807, 2.05) is 0 Å². The molecule has 2 rings (SSSR count). The van der Waals surface area contributed by atoms with Gasteiger partial charge in [-0.2, -0.15) is 0 Å². The standard InChI is InChI=1S/C13H26N4O2S/c1-20(18,19)17-6-2-3-11(10-17)9-16-7-4-12(5-8-16)13(14)15/h11-12H,2-10H2,1H3,(H3,14,15). The second-order valence-electron chi connectivity index (χ2n) is 6.16. The molecule has 2 aliphatic rings. The van der Waals surface area contributed by atoms with E-state index in [9.17, 15) is 8.42 Å². The van der Waals surface area contributed by atoms with E-state index in [4.69, 9.17) is 11.1 Å². The highest BCUT2D eigenvalue weighted by Crippen LogP contribution is 2.23. The number of amidine groups is 1. The minimum absolute atomic E-state index is 0.241. The fourth-order valence-corrected chi connectivity index (χ4v) is 4.21. The number of hydrogen-bond donors (Lipinski definition) is 2. The largest absolute Gasteiger partial charge is 0.387 e. The molecule has 6 nitrogen and oxygen atoms in total. The Bertz CT molecular complexity index is 443. The van der Waals surface area contributed by atoms with Crippen molar-refractivity contribution in [2.45, 2.75) is 25.7 Å². The summed E-state index contributed by atoms with van der Waals surface area (Å²) in [5.74, 6) is 0.989. The molecule has 20 heavy (non-hydrogen) atoms. The van der Waals surface area contributed by atoms with Gasteiger partial charge in [0.05, 0.1) is 12.1 Å². The van der Waals surface area contributed by atoms with Crippen molar-refractivity contribution in [3.05, 3.63) is 0 Å². The van der Waals surface area contributed by atoms with Crippen LogP contribution in [0.4, 0.5) is 0 Å². The van der Waals surface area contributed by atoms with Gasteiger partial charge >= 0.3 is 0 Å². The van der Waals surface area contributed by atoms with E-state index in [1.165, 1.54) is 6.26 Å². The monoisotopic (exact) mass is 302 g/mol. The van der Waals surface area contributed by atoms with Crippen molar-refractivity contribution in [3.8, 4) is 0 Å². The van der Waals surface area contributed by atoms with Gasteiger partial charge in [-0.3, -0.25) is 5.41 Å². The summed E-state index contributed by atoms with van der Waals surface area (Å²) in [4.78, 5) is 2.40. The van der Waals surface area contributed by atoms with E-state index in [0.29, 0.717) is 24.8 Å². The molecule has 0 aromatic rings. The van der Waals surface area contributed by atoms with Crippen molar-refractivity contribution in [1.29, 1.82) is 5.41 Å². The van der Waals surface area contributed by atoms with Crippen LogP contribution in [0.1, 0.15) is 25.7 Å². The molecule has 0 spiro atoms. The zero-order chi connectivity index (χ0) is 14.8. The molecule has 2 saturated heterocycles. The van der Waals surface area contributed by atoms with E-state index < -0.39 is 10.0 Å². The first-order valence-electron chi connectivity index (χ1n) is 7.37. The Labute approximate surface area is 121 Å². The minimum Gasteiger partial charge on any atom is -0.387 e. The molecule has 2 heterocycles. The normalized spacial score (nSPS) is 27.6. The van der Waals surface area contributed by atoms with Gasteiger partial charge in [0, 0.05) is 25.6 Å². The summed E-state index contributed by atoms with van der Waals surface area (Å²) in [5.41, 5.74) is 5.55. The van der Waals surface area contributed by atoms with Crippen LogP contribution in [0.3, 0.4) is 0 Å². The number of nitrogens with two attached hydrogens (primary N) is 1. The Morgan fingerprint density at radius 1 is 1.25 bits per heavy atom. The van der Waals surface area contributed by atoms with Crippen LogP contribution in [-0.2, 0) is 10.0 Å². The Morgan fingerprint density at radius 2 is 1.90 bits per heavy atom. The summed E-state index contributed by atoms with van der Waals surface area (Å²) in [7, 11) is -3.05. The Morgan fingerprint density at radius 3 is 2.45 bits per heavy atom. The van der Waals surface area contributed by atoms with Crippen molar-refractivity contribution in [2.75, 3.05) is 39.0 Å². The van der Waals surface area contributed by atoms with Crippen LogP contribution in [0.2, 0.25) is 0 Å². The predicted octanol–water partition coefficient (Wildman–Crippen LogP) is 0.306. The Hall–Kier alpha value is -0.660. The Kier molecular flexibility index (Phi) is 5.04. The lowest BCUT2D eigenvalue weighted by Crippen LogP contribution is -2.45. The SMILES string of the molecule is CS(=O)(=O)N1CCCC(CN2CCC(C(=N)N)CC2)C1. The van der Waals surface area contributed by atoms with Gasteiger partial charge in [0.1, 0.15) is 0 Å². The third-order valence-corrected chi connectivity index (χ3v) is 5.76. The average molecular weight is 302 g/mol. The molecule has 3 N–H and O–H groups in total. The van der Waals surface area contributed by atoms with Crippen molar-refractivity contribution in [1.82, 2.24) is 9.21 Å². The van der Waals surface area contributed by atoms with Crippen LogP contribution in [0, 0.1) is 17.2 Å². The number of rotatable bonds is 4. The lowest BCUT2D eigenvalue weighted by Gasteiger charge is -2.37. The van der Waals surface area contributed by atoms with Crippen molar-refractivity contribution in [2.24, 2.45) is 17.6 Å². The van der Waals surface area contributed by atoms with Crippen LogP contribution < -0.4 is 5.73 Å². The smallest absolute Gasteiger partial charge is 0.211 e. The maximum absolute atomic E-state index is 11.6. The van der Waals surface area contributed by atoms with Gasteiger partial charge in [-0.1, -0.05) is 0 Å². The molecule has 0 saturated carbocycles. The number of sulfonamides is 1. The molecule has 7 heteroatoms. The second kappa shape index (κ2) is 6.41. The zero-order valence-corrected chi connectivity index (χ0v) is 13.0. The lowest BCUT2D eigenvalue weighted by atomic mass is 9.93. The molecule has 0 amide bonds. The van der Waals surface area contributed by atoms with E-state index in [1.54, 1.807) is 4.31 Å². The summed E-state index contributed by atoms with van der Waals surface area (Å²) in [6, 6.07) is 0. The first-order valence-corrected chi connectivity index (χ1v) is 9.22. The van der Waals surface area contributed by atoms with Crippen LogP contribution in [0.5, 0.6) is 0 Å². The maximum atomic E-state index is 11.6. The third-order valence-electron chi connectivity index (χ3n) is 4.49. The topological polar surface area (TPSA) is 90.5 Å². The van der Waals surface area contributed by atoms with Crippen molar-refractivity contribution >= 4 is 15.9 Å². The van der Waals surface area contributed by atoms with E-state index >= 15 is 0 Å². The molecule has 0 aromatic carbocycles. The van der Waals surface area contributed by atoms with Crippen LogP contribution >= 0.6 is 0 Å². The quantitative estimate of drug-likeness (QED) is 0.577. The number of piperidine rings is 2. The molecular formula is C13H26N4O2S. The first kappa shape index (κ1) is 15.7. The van der Waals surface area contributed by atoms with Gasteiger partial charge in [0.25, 0.3) is 0 Å². The first-order chi connectivity index (χ1) is 9.36. The zero-order valence-electron chi connectivity index (χ0n) is 12.2. The molecule has 0 bridgehead atoms. The molecule has 2 fully saturated rings. The molecule has 2 aliphatic heterocycles. The summed E-state index contributed by atoms with van der Waals surface area (Å²) in [6.45, 7) is 4.24. The average Bonchev–Trinajstić information content (AvgIpc) is 2.38. The van der Waals surface area contributed by atoms with Crippen LogP contribution in [0.25, 0.3) is 0 Å². The van der Waals surface area contributed by atoms with Gasteiger partial charge < -0.3 is 10.6 Å². The number of hydrogen-bond acceptors (Lipinski definition) is 4. The van der Waals surface area contributed by atoms with Crippen molar-refractivity contribution < 1.29 is 8.42 Å². The number of nitrogens with zero attached hydrogens (tertiary/aromatic N) is 2. The summed E-state index contributed by atoms with van der Waals surface area (Å²) >= 11 is 0. The maximum Gasteiger partial charge on any atom is 0.211 e. The molecule has 1 atom stereocenters. The lowest BCUT2D eigenvalue weighted by molar-refractivity contribution is 0.148. The van der Waals surface area contributed by atoms with Gasteiger partial charge in [-0.15, -0.1) is 0 Å². The van der Waals surface area contributed by atoms with Gasteiger partial charge in [-0.25, -0.2) is 12.7 Å². The molecule has 116 valence electrons. The molecule has 0 aliphatic carbocycles. The molecular weight excluding hydrogens is 276 g/mol. The van der Waals surface area contributed by atoms with E-state index in [0.717, 1.165) is 45.3 Å². The van der Waals surface area contributed by atoms with Crippen LogP contribution in [0.15, 0.2) is 0 Å². The molecule has 1 unspecified atom stereocenters. The predicted molar refractivity (Wildman–Crippen MR) is 80.2 cm³/mol. The second-order valence-corrected chi connectivity index (χ2v) is 8.14. The highest BCUT2D eigenvalue weighted by atomic mass is 32.2. The highest BCUT2D eigenvalue weighted by molar-refractivity contribution is 7.88. The van der Waals surface area contributed by atoms with Crippen molar-refractivity contribution in [3.63, 3.8) is 0 Å². The van der Waals surface area contributed by atoms with Gasteiger partial charge in [0.15, 0.2) is 0 Å². The summed E-state index contributed by atoms with van der Waals surface area (Å²) in [6.07, 6.45) is 5.28. The van der Waals surface area contributed by atoms with Gasteiger partial charge in [-0.05, 0) is 44.7 Å². The van der Waals surface area contributed by atoms with Gasteiger partial charge in [0.2, 0.25) is 10.0 Å². The Balaban J connectivity index is 1.81. The number of nitrogens with one attached hydrogen (secondary N) is 1. The van der Waals surface area contributed by atoms with E-state index in [-0.39, 0.29) is 5.92 Å². The summed E-state index contributed by atoms with van der Waals surface area (Å²) in [5, 5.41) is 7.49. The summed E-state index contributed by atoms with van der Waals surface area (Å²) < 4.78 is 24.8. The fourth-order valence-electron chi connectivity index (χ4n) is 3.27. The highest BCUT2D eigenvalue weighted by Gasteiger charge is 2.28. The fraction of sp³-hybridized carbons (Fsp3) is 0.923. The third kappa shape index (κ3) is 4.17.